The van der Waals surface area contributed by atoms with E-state index < -0.39 is 5.91 Å². The standard InChI is InChI=1S/C20H21ClN6O2/c21-6-7-22-10-14-4-5-17-24-15(13-26(17)12-14)11-23-20(29)16-9-19(28)27-8-2-1-3-18(27)25-16/h1-5,8-9,12-13,17,22,24H,6-7,10-11H2,(H,23,29). The van der Waals surface area contributed by atoms with Gasteiger partial charge in [-0.25, -0.2) is 4.98 Å². The van der Waals surface area contributed by atoms with Crippen LogP contribution in [0.3, 0.4) is 0 Å². The van der Waals surface area contributed by atoms with Crippen molar-refractivity contribution in [2.24, 2.45) is 0 Å². The Morgan fingerprint density at radius 1 is 1.28 bits per heavy atom. The van der Waals surface area contributed by atoms with Crippen LogP contribution in [0, 0.1) is 0 Å². The molecule has 2 aromatic rings. The molecule has 0 radical (unpaired) electrons. The Bertz CT molecular complexity index is 1070. The molecule has 1 atom stereocenters. The average molecular weight is 413 g/mol. The topological polar surface area (TPSA) is 90.8 Å². The van der Waals surface area contributed by atoms with E-state index >= 15 is 0 Å². The van der Waals surface area contributed by atoms with E-state index in [0.29, 0.717) is 18.1 Å². The van der Waals surface area contributed by atoms with Crippen molar-refractivity contribution in [1.29, 1.82) is 0 Å². The fourth-order valence-electron chi connectivity index (χ4n) is 3.21. The fourth-order valence-corrected chi connectivity index (χ4v) is 3.35. The van der Waals surface area contributed by atoms with Gasteiger partial charge in [0.05, 0.1) is 6.54 Å². The highest BCUT2D eigenvalue weighted by Gasteiger charge is 2.23. The van der Waals surface area contributed by atoms with Crippen molar-refractivity contribution < 1.29 is 4.79 Å². The molecule has 2 aliphatic rings. The number of aromatic nitrogens is 2. The number of alkyl halides is 1. The summed E-state index contributed by atoms with van der Waals surface area (Å²) < 4.78 is 1.40. The van der Waals surface area contributed by atoms with Gasteiger partial charge in [0.1, 0.15) is 17.5 Å². The summed E-state index contributed by atoms with van der Waals surface area (Å²) in [6.45, 7) is 1.81. The van der Waals surface area contributed by atoms with Gasteiger partial charge in [-0.3, -0.25) is 14.0 Å². The highest BCUT2D eigenvalue weighted by Crippen LogP contribution is 2.18. The van der Waals surface area contributed by atoms with Gasteiger partial charge in [-0.1, -0.05) is 12.1 Å². The van der Waals surface area contributed by atoms with Crippen molar-refractivity contribution >= 4 is 23.2 Å². The summed E-state index contributed by atoms with van der Waals surface area (Å²) in [5, 5.41) is 9.42. The molecule has 0 fully saturated rings. The highest BCUT2D eigenvalue weighted by molar-refractivity contribution is 6.18. The molecule has 150 valence electrons. The third-order valence-corrected chi connectivity index (χ3v) is 4.80. The van der Waals surface area contributed by atoms with Crippen LogP contribution in [-0.2, 0) is 0 Å². The molecule has 1 amide bonds. The second-order valence-electron chi connectivity index (χ2n) is 6.71. The quantitative estimate of drug-likeness (QED) is 0.460. The first-order valence-electron chi connectivity index (χ1n) is 9.31. The summed E-state index contributed by atoms with van der Waals surface area (Å²) in [7, 11) is 0. The lowest BCUT2D eigenvalue weighted by molar-refractivity contribution is 0.0951. The highest BCUT2D eigenvalue weighted by atomic mass is 35.5. The summed E-state index contributed by atoms with van der Waals surface area (Å²) in [4.78, 5) is 30.9. The lowest BCUT2D eigenvalue weighted by atomic mass is 10.2. The Hall–Kier alpha value is -3.10. The number of carbonyl (C=O) groups is 1. The number of halogens is 1. The Morgan fingerprint density at radius 3 is 3.03 bits per heavy atom. The molecule has 9 heteroatoms. The van der Waals surface area contributed by atoms with E-state index in [1.807, 2.05) is 6.20 Å². The Morgan fingerprint density at radius 2 is 2.17 bits per heavy atom. The number of amides is 1. The van der Waals surface area contributed by atoms with Crippen LogP contribution in [0.4, 0.5) is 0 Å². The Balaban J connectivity index is 1.38. The van der Waals surface area contributed by atoms with E-state index in [9.17, 15) is 9.59 Å². The molecule has 8 nitrogen and oxygen atoms in total. The van der Waals surface area contributed by atoms with Crippen molar-refractivity contribution in [3.8, 4) is 0 Å². The molecular formula is C20H21ClN6O2. The average Bonchev–Trinajstić information content (AvgIpc) is 3.14. The minimum atomic E-state index is -0.391. The summed E-state index contributed by atoms with van der Waals surface area (Å²) in [5.41, 5.74) is 2.27. The van der Waals surface area contributed by atoms with Crippen molar-refractivity contribution in [2.45, 2.75) is 6.17 Å². The summed E-state index contributed by atoms with van der Waals surface area (Å²) in [5.74, 6) is 0.186. The molecule has 0 saturated carbocycles. The van der Waals surface area contributed by atoms with Crippen molar-refractivity contribution in [3.05, 3.63) is 82.3 Å². The van der Waals surface area contributed by atoms with Gasteiger partial charge in [0.25, 0.3) is 11.5 Å². The van der Waals surface area contributed by atoms with Gasteiger partial charge in [0.15, 0.2) is 0 Å². The number of fused-ring (bicyclic) bond motifs is 2. The lowest BCUT2D eigenvalue weighted by Gasteiger charge is -2.24. The molecular weight excluding hydrogens is 392 g/mol. The van der Waals surface area contributed by atoms with Crippen LogP contribution < -0.4 is 21.5 Å². The van der Waals surface area contributed by atoms with Crippen molar-refractivity contribution in [1.82, 2.24) is 30.2 Å². The Kier molecular flexibility index (Phi) is 5.64. The minimum Gasteiger partial charge on any atom is -0.362 e. The van der Waals surface area contributed by atoms with Gasteiger partial charge >= 0.3 is 0 Å². The number of hydrogen-bond donors (Lipinski definition) is 3. The maximum absolute atomic E-state index is 12.5. The van der Waals surface area contributed by atoms with Gasteiger partial charge in [0, 0.05) is 49.3 Å². The number of nitrogens with zero attached hydrogens (tertiary/aromatic N) is 3. The van der Waals surface area contributed by atoms with Crippen LogP contribution in [0.5, 0.6) is 0 Å². The van der Waals surface area contributed by atoms with Crippen LogP contribution in [0.25, 0.3) is 5.65 Å². The van der Waals surface area contributed by atoms with E-state index in [-0.39, 0.29) is 17.4 Å². The SMILES string of the molecule is O=C(NCC1=CN2C=C(CNCCCl)C=CC2N1)c1cc(=O)n2ccccc2n1. The minimum absolute atomic E-state index is 0.0297. The second kappa shape index (κ2) is 8.50. The zero-order valence-corrected chi connectivity index (χ0v) is 16.4. The predicted molar refractivity (Wildman–Crippen MR) is 111 cm³/mol. The number of hydrogen-bond acceptors (Lipinski definition) is 6. The first-order chi connectivity index (χ1) is 14.1. The molecule has 1 unspecified atom stereocenters. The molecule has 4 rings (SSSR count). The largest absolute Gasteiger partial charge is 0.362 e. The monoisotopic (exact) mass is 412 g/mol. The molecule has 0 aromatic carbocycles. The smallest absolute Gasteiger partial charge is 0.270 e. The van der Waals surface area contributed by atoms with Crippen LogP contribution in [-0.4, -0.2) is 51.9 Å². The van der Waals surface area contributed by atoms with Gasteiger partial charge in [-0.15, -0.1) is 11.6 Å². The maximum Gasteiger partial charge on any atom is 0.270 e. The van der Waals surface area contributed by atoms with Gasteiger partial charge < -0.3 is 20.9 Å². The summed E-state index contributed by atoms with van der Waals surface area (Å²) in [6, 6.07) is 6.45. The molecule has 3 N–H and O–H groups in total. The number of carbonyl (C=O) groups excluding carboxylic acids is 1. The first-order valence-corrected chi connectivity index (χ1v) is 9.84. The van der Waals surface area contributed by atoms with E-state index in [0.717, 1.165) is 24.4 Å². The second-order valence-corrected chi connectivity index (χ2v) is 7.09. The van der Waals surface area contributed by atoms with E-state index in [1.54, 1.807) is 24.4 Å². The maximum atomic E-state index is 12.5. The van der Waals surface area contributed by atoms with Crippen LogP contribution in [0.1, 0.15) is 10.5 Å². The zero-order chi connectivity index (χ0) is 20.2. The normalized spacial score (nSPS) is 17.6. The number of rotatable bonds is 7. The molecule has 2 aromatic heterocycles. The molecule has 0 saturated heterocycles. The van der Waals surface area contributed by atoms with E-state index in [1.165, 1.54) is 10.5 Å². The predicted octanol–water partition coefficient (Wildman–Crippen LogP) is 0.779. The first kappa shape index (κ1) is 19.2. The van der Waals surface area contributed by atoms with E-state index in [2.05, 4.69) is 44.2 Å². The van der Waals surface area contributed by atoms with Crippen LogP contribution >= 0.6 is 11.6 Å². The van der Waals surface area contributed by atoms with Crippen LogP contribution in [0.2, 0.25) is 0 Å². The van der Waals surface area contributed by atoms with Crippen LogP contribution in [0.15, 0.2) is 71.1 Å². The zero-order valence-electron chi connectivity index (χ0n) is 15.6. The molecule has 0 aliphatic carbocycles. The third kappa shape index (κ3) is 4.33. The Labute approximate surface area is 172 Å². The molecule has 0 bridgehead atoms. The fraction of sp³-hybridized carbons (Fsp3) is 0.250. The molecule has 4 heterocycles. The van der Waals surface area contributed by atoms with Crippen molar-refractivity contribution in [2.75, 3.05) is 25.5 Å². The molecule has 0 spiro atoms. The number of nitrogens with one attached hydrogen (secondary N) is 3. The molecule has 29 heavy (non-hydrogen) atoms. The van der Waals surface area contributed by atoms with Gasteiger partial charge in [-0.05, 0) is 23.8 Å². The number of pyridine rings is 1. The summed E-state index contributed by atoms with van der Waals surface area (Å²) in [6.07, 6.45) is 9.79. The van der Waals surface area contributed by atoms with Crippen molar-refractivity contribution in [3.63, 3.8) is 0 Å². The summed E-state index contributed by atoms with van der Waals surface area (Å²) >= 11 is 5.68. The van der Waals surface area contributed by atoms with Gasteiger partial charge in [0.2, 0.25) is 0 Å². The molecule has 2 aliphatic heterocycles. The van der Waals surface area contributed by atoms with Gasteiger partial charge in [-0.2, -0.15) is 0 Å². The third-order valence-electron chi connectivity index (χ3n) is 4.61. The van der Waals surface area contributed by atoms with E-state index in [4.69, 9.17) is 11.6 Å². The lowest BCUT2D eigenvalue weighted by Crippen LogP contribution is -2.36.